The van der Waals surface area contributed by atoms with Gasteiger partial charge in [-0.3, -0.25) is 13.9 Å². The molecule has 0 aromatic heterocycles. The summed E-state index contributed by atoms with van der Waals surface area (Å²) in [7, 11) is -3.82. The molecule has 0 heterocycles. The molecule has 0 spiro atoms. The molecule has 1 unspecified atom stereocenters. The molecule has 0 aliphatic carbocycles. The molecule has 0 saturated carbocycles. The maximum Gasteiger partial charge on any atom is 0.244 e. The minimum absolute atomic E-state index is 0.102. The first-order valence-corrected chi connectivity index (χ1v) is 13.1. The molecule has 180 valence electrons. The van der Waals surface area contributed by atoms with Gasteiger partial charge < -0.3 is 10.2 Å². The lowest BCUT2D eigenvalue weighted by atomic mass is 10.1. The highest BCUT2D eigenvalue weighted by Gasteiger charge is 2.30. The Balaban J connectivity index is 2.33. The van der Waals surface area contributed by atoms with Crippen LogP contribution in [0.4, 0.5) is 5.69 Å². The van der Waals surface area contributed by atoms with Crippen molar-refractivity contribution >= 4 is 50.7 Å². The summed E-state index contributed by atoms with van der Waals surface area (Å²) in [6, 6.07) is 13.0. The predicted molar refractivity (Wildman–Crippen MR) is 133 cm³/mol. The largest absolute Gasteiger partial charge is 0.352 e. The third kappa shape index (κ3) is 7.91. The quantitative estimate of drug-likeness (QED) is 0.524. The zero-order chi connectivity index (χ0) is 24.8. The van der Waals surface area contributed by atoms with Crippen molar-refractivity contribution in [3.05, 3.63) is 64.1 Å². The van der Waals surface area contributed by atoms with Crippen LogP contribution in [0.5, 0.6) is 0 Å². The average Bonchev–Trinajstić information content (AvgIpc) is 2.73. The number of hydrogen-bond donors (Lipinski definition) is 1. The molecule has 0 radical (unpaired) electrons. The molecule has 1 N–H and O–H groups in total. The van der Waals surface area contributed by atoms with Crippen LogP contribution in [-0.2, 0) is 26.0 Å². The van der Waals surface area contributed by atoms with Crippen LogP contribution in [0, 0.1) is 0 Å². The zero-order valence-electron chi connectivity index (χ0n) is 19.1. The molecule has 2 amide bonds. The van der Waals surface area contributed by atoms with E-state index in [2.05, 4.69) is 5.32 Å². The number of carbonyl (C=O) groups is 2. The average molecular weight is 514 g/mol. The topological polar surface area (TPSA) is 86.8 Å². The summed E-state index contributed by atoms with van der Waals surface area (Å²) in [5.41, 5.74) is 1.21. The SMILES string of the molecule is CC(C)NC(=O)C(C)N(CCc1ccccc1)C(=O)CN(c1ccc(Cl)c(Cl)c1)S(C)(=O)=O. The van der Waals surface area contributed by atoms with Gasteiger partial charge in [0, 0.05) is 12.6 Å². The van der Waals surface area contributed by atoms with Crippen molar-refractivity contribution in [2.24, 2.45) is 0 Å². The van der Waals surface area contributed by atoms with E-state index in [0.29, 0.717) is 6.42 Å². The van der Waals surface area contributed by atoms with Gasteiger partial charge in [-0.25, -0.2) is 8.42 Å². The number of amides is 2. The highest BCUT2D eigenvalue weighted by Crippen LogP contribution is 2.28. The molecular formula is C23H29Cl2N3O4S. The number of anilines is 1. The fraction of sp³-hybridized carbons (Fsp3) is 0.391. The van der Waals surface area contributed by atoms with E-state index in [1.807, 2.05) is 44.2 Å². The number of rotatable bonds is 10. The van der Waals surface area contributed by atoms with E-state index < -0.39 is 28.5 Å². The van der Waals surface area contributed by atoms with Crippen molar-refractivity contribution in [1.82, 2.24) is 10.2 Å². The number of sulfonamides is 1. The first-order chi connectivity index (χ1) is 15.4. The molecule has 0 bridgehead atoms. The summed E-state index contributed by atoms with van der Waals surface area (Å²) >= 11 is 12.0. The molecule has 2 aromatic rings. The van der Waals surface area contributed by atoms with E-state index >= 15 is 0 Å². The standard InChI is InChI=1S/C23H29Cl2N3O4S/c1-16(2)26-23(30)17(3)27(13-12-18-8-6-5-7-9-18)22(29)15-28(33(4,31)32)19-10-11-20(24)21(25)14-19/h5-11,14,16-17H,12-13,15H2,1-4H3,(H,26,30). The second-order valence-electron chi connectivity index (χ2n) is 8.03. The van der Waals surface area contributed by atoms with Crippen molar-refractivity contribution in [3.63, 3.8) is 0 Å². The van der Waals surface area contributed by atoms with Crippen molar-refractivity contribution in [3.8, 4) is 0 Å². The van der Waals surface area contributed by atoms with Gasteiger partial charge in [0.05, 0.1) is 22.0 Å². The second-order valence-corrected chi connectivity index (χ2v) is 10.8. The summed E-state index contributed by atoms with van der Waals surface area (Å²) in [5.74, 6) is -0.819. The maximum atomic E-state index is 13.4. The molecule has 0 aliphatic heterocycles. The Morgan fingerprint density at radius 3 is 2.18 bits per heavy atom. The van der Waals surface area contributed by atoms with Gasteiger partial charge in [0.2, 0.25) is 21.8 Å². The Bertz CT molecular complexity index is 1080. The van der Waals surface area contributed by atoms with Crippen LogP contribution in [0.15, 0.2) is 48.5 Å². The highest BCUT2D eigenvalue weighted by molar-refractivity contribution is 7.92. The normalized spacial score (nSPS) is 12.3. The lowest BCUT2D eigenvalue weighted by molar-refractivity contribution is -0.139. The fourth-order valence-electron chi connectivity index (χ4n) is 3.23. The number of benzene rings is 2. The van der Waals surface area contributed by atoms with Gasteiger partial charge in [-0.2, -0.15) is 0 Å². The first kappa shape index (κ1) is 27.0. The van der Waals surface area contributed by atoms with E-state index in [9.17, 15) is 18.0 Å². The number of carbonyl (C=O) groups excluding carboxylic acids is 2. The van der Waals surface area contributed by atoms with Crippen LogP contribution >= 0.6 is 23.2 Å². The van der Waals surface area contributed by atoms with Crippen LogP contribution in [-0.4, -0.2) is 56.6 Å². The van der Waals surface area contributed by atoms with E-state index in [4.69, 9.17) is 23.2 Å². The number of halogens is 2. The van der Waals surface area contributed by atoms with E-state index in [-0.39, 0.29) is 34.2 Å². The van der Waals surface area contributed by atoms with Crippen LogP contribution in [0.1, 0.15) is 26.3 Å². The van der Waals surface area contributed by atoms with Crippen molar-refractivity contribution < 1.29 is 18.0 Å². The minimum atomic E-state index is -3.82. The van der Waals surface area contributed by atoms with Gasteiger partial charge in [0.1, 0.15) is 12.6 Å². The Kier molecular flexibility index (Phi) is 9.57. The summed E-state index contributed by atoms with van der Waals surface area (Å²) in [4.78, 5) is 27.4. The Morgan fingerprint density at radius 1 is 1.00 bits per heavy atom. The fourth-order valence-corrected chi connectivity index (χ4v) is 4.36. The van der Waals surface area contributed by atoms with E-state index in [1.54, 1.807) is 6.92 Å². The predicted octanol–water partition coefficient (Wildman–Crippen LogP) is 3.74. The van der Waals surface area contributed by atoms with Crippen molar-refractivity contribution in [1.29, 1.82) is 0 Å². The van der Waals surface area contributed by atoms with Crippen LogP contribution in [0.25, 0.3) is 0 Å². The molecule has 0 fully saturated rings. The first-order valence-electron chi connectivity index (χ1n) is 10.5. The van der Waals surface area contributed by atoms with Crippen LogP contribution in [0.2, 0.25) is 10.0 Å². The Hall–Kier alpha value is -2.29. The van der Waals surface area contributed by atoms with Gasteiger partial charge in [0.15, 0.2) is 0 Å². The van der Waals surface area contributed by atoms with E-state index in [0.717, 1.165) is 16.1 Å². The smallest absolute Gasteiger partial charge is 0.244 e. The van der Waals surface area contributed by atoms with Gasteiger partial charge in [-0.1, -0.05) is 53.5 Å². The summed E-state index contributed by atoms with van der Waals surface area (Å²) in [5, 5.41) is 3.24. The molecule has 1 atom stereocenters. The number of nitrogens with zero attached hydrogens (tertiary/aromatic N) is 2. The van der Waals surface area contributed by atoms with Crippen LogP contribution in [0.3, 0.4) is 0 Å². The van der Waals surface area contributed by atoms with Crippen molar-refractivity contribution in [2.75, 3.05) is 23.7 Å². The zero-order valence-corrected chi connectivity index (χ0v) is 21.4. The molecule has 7 nitrogen and oxygen atoms in total. The molecule has 0 aliphatic rings. The van der Waals surface area contributed by atoms with E-state index in [1.165, 1.54) is 23.1 Å². The maximum absolute atomic E-state index is 13.4. The summed E-state index contributed by atoms with van der Waals surface area (Å²) in [6.45, 7) is 5.05. The number of nitrogens with one attached hydrogen (secondary N) is 1. The molecular weight excluding hydrogens is 485 g/mol. The monoisotopic (exact) mass is 513 g/mol. The second kappa shape index (κ2) is 11.7. The third-order valence-corrected chi connectivity index (χ3v) is 6.83. The van der Waals surface area contributed by atoms with Gasteiger partial charge in [-0.15, -0.1) is 0 Å². The molecule has 2 aromatic carbocycles. The molecule has 10 heteroatoms. The van der Waals surface area contributed by atoms with Crippen LogP contribution < -0.4 is 9.62 Å². The Morgan fingerprint density at radius 2 is 1.64 bits per heavy atom. The molecule has 2 rings (SSSR count). The van der Waals surface area contributed by atoms with Gasteiger partial charge in [-0.05, 0) is 51.0 Å². The molecule has 0 saturated heterocycles. The molecule has 33 heavy (non-hydrogen) atoms. The summed E-state index contributed by atoms with van der Waals surface area (Å²) < 4.78 is 26.0. The lowest BCUT2D eigenvalue weighted by Crippen LogP contribution is -2.53. The Labute approximate surface area is 205 Å². The van der Waals surface area contributed by atoms with Gasteiger partial charge in [0.25, 0.3) is 0 Å². The third-order valence-electron chi connectivity index (χ3n) is 4.95. The summed E-state index contributed by atoms with van der Waals surface area (Å²) in [6.07, 6.45) is 1.52. The number of hydrogen-bond acceptors (Lipinski definition) is 4. The minimum Gasteiger partial charge on any atom is -0.352 e. The highest BCUT2D eigenvalue weighted by atomic mass is 35.5. The van der Waals surface area contributed by atoms with Gasteiger partial charge >= 0.3 is 0 Å². The van der Waals surface area contributed by atoms with Crippen molar-refractivity contribution in [2.45, 2.75) is 39.3 Å². The lowest BCUT2D eigenvalue weighted by Gasteiger charge is -2.32.